The zero-order valence-electron chi connectivity index (χ0n) is 14.0. The van der Waals surface area contributed by atoms with Gasteiger partial charge in [-0.15, -0.1) is 10.2 Å². The van der Waals surface area contributed by atoms with Crippen LogP contribution < -0.4 is 10.1 Å². The highest BCUT2D eigenvalue weighted by Crippen LogP contribution is 2.31. The Kier molecular flexibility index (Phi) is 5.06. The number of amides is 1. The number of carbonyl (C=O) groups is 1. The maximum atomic E-state index is 12.8. The number of aryl methyl sites for hydroxylation is 1. The fraction of sp³-hybridized carbons (Fsp3) is 0.176. The van der Waals surface area contributed by atoms with Crippen molar-refractivity contribution in [2.45, 2.75) is 19.7 Å². The van der Waals surface area contributed by atoms with Crippen LogP contribution in [0.5, 0.6) is 5.75 Å². The number of carbonyl (C=O) groups excluding carboxylic acids is 1. The van der Waals surface area contributed by atoms with E-state index in [1.807, 2.05) is 0 Å². The maximum Gasteiger partial charge on any atom is 0.416 e. The van der Waals surface area contributed by atoms with Gasteiger partial charge in [0.25, 0.3) is 5.91 Å². The van der Waals surface area contributed by atoms with Gasteiger partial charge in [0.05, 0.1) is 11.1 Å². The zero-order chi connectivity index (χ0) is 19.4. The van der Waals surface area contributed by atoms with Crippen LogP contribution in [0.4, 0.5) is 18.9 Å². The smallest absolute Gasteiger partial charge is 0.416 e. The van der Waals surface area contributed by atoms with Crippen molar-refractivity contribution in [1.82, 2.24) is 20.6 Å². The molecule has 1 aromatic heterocycles. The monoisotopic (exact) mass is 377 g/mol. The van der Waals surface area contributed by atoms with Crippen LogP contribution in [0.15, 0.2) is 42.5 Å². The van der Waals surface area contributed by atoms with Crippen molar-refractivity contribution in [3.05, 3.63) is 65.0 Å². The number of H-pyrrole nitrogens is 1. The van der Waals surface area contributed by atoms with Gasteiger partial charge in [-0.2, -0.15) is 18.4 Å². The molecule has 0 radical (unpaired) electrons. The minimum atomic E-state index is -4.50. The standard InChI is InChI=1S/C17H14F3N5O2/c1-10-5-6-14(27-9-15-22-24-25-23-15)13(7-10)16(26)21-12-4-2-3-11(8-12)17(18,19)20/h2-8H,9H2,1H3,(H,21,26)(H,22,23,24,25). The number of aromatic nitrogens is 4. The lowest BCUT2D eigenvalue weighted by atomic mass is 10.1. The summed E-state index contributed by atoms with van der Waals surface area (Å²) < 4.78 is 44.0. The van der Waals surface area contributed by atoms with Gasteiger partial charge in [0, 0.05) is 5.69 Å². The number of ether oxygens (including phenoxy) is 1. The minimum Gasteiger partial charge on any atom is -0.485 e. The Morgan fingerprint density at radius 2 is 2.04 bits per heavy atom. The Labute approximate surface area is 151 Å². The van der Waals surface area contributed by atoms with E-state index < -0.39 is 17.6 Å². The quantitative estimate of drug-likeness (QED) is 0.711. The van der Waals surface area contributed by atoms with Crippen molar-refractivity contribution in [1.29, 1.82) is 0 Å². The highest BCUT2D eigenvalue weighted by molar-refractivity contribution is 6.06. The first-order chi connectivity index (χ1) is 12.8. The van der Waals surface area contributed by atoms with E-state index in [1.54, 1.807) is 25.1 Å². The predicted octanol–water partition coefficient (Wildman–Crippen LogP) is 3.36. The lowest BCUT2D eigenvalue weighted by Gasteiger charge is -2.13. The number of hydrogen-bond donors (Lipinski definition) is 2. The second-order valence-electron chi connectivity index (χ2n) is 5.65. The maximum absolute atomic E-state index is 12.8. The van der Waals surface area contributed by atoms with E-state index >= 15 is 0 Å². The van der Waals surface area contributed by atoms with Gasteiger partial charge in [-0.3, -0.25) is 4.79 Å². The molecule has 0 aliphatic carbocycles. The van der Waals surface area contributed by atoms with Crippen LogP contribution in [0.2, 0.25) is 0 Å². The largest absolute Gasteiger partial charge is 0.485 e. The number of anilines is 1. The van der Waals surface area contributed by atoms with Gasteiger partial charge in [0.1, 0.15) is 5.75 Å². The van der Waals surface area contributed by atoms with E-state index in [1.165, 1.54) is 12.1 Å². The molecule has 0 aliphatic rings. The minimum absolute atomic E-state index is 0.0244. The normalized spacial score (nSPS) is 11.3. The number of benzene rings is 2. The first-order valence-corrected chi connectivity index (χ1v) is 7.77. The van der Waals surface area contributed by atoms with Gasteiger partial charge < -0.3 is 10.1 Å². The van der Waals surface area contributed by atoms with E-state index in [0.717, 1.165) is 17.7 Å². The van der Waals surface area contributed by atoms with Crippen molar-refractivity contribution in [2.75, 3.05) is 5.32 Å². The second kappa shape index (κ2) is 7.44. The van der Waals surface area contributed by atoms with E-state index in [-0.39, 0.29) is 23.6 Å². The van der Waals surface area contributed by atoms with Crippen LogP contribution in [0, 0.1) is 6.92 Å². The van der Waals surface area contributed by atoms with Gasteiger partial charge in [-0.1, -0.05) is 22.9 Å². The number of tetrazole rings is 1. The van der Waals surface area contributed by atoms with E-state index in [4.69, 9.17) is 4.74 Å². The van der Waals surface area contributed by atoms with Crippen molar-refractivity contribution >= 4 is 11.6 Å². The molecule has 0 unspecified atom stereocenters. The van der Waals surface area contributed by atoms with Gasteiger partial charge in [0.15, 0.2) is 6.61 Å². The molecule has 140 valence electrons. The van der Waals surface area contributed by atoms with E-state index in [0.29, 0.717) is 5.82 Å². The molecule has 3 aromatic rings. The third-order valence-electron chi connectivity index (χ3n) is 3.57. The van der Waals surface area contributed by atoms with E-state index in [2.05, 4.69) is 25.9 Å². The molecule has 0 atom stereocenters. The molecule has 0 spiro atoms. The van der Waals surface area contributed by atoms with Crippen LogP contribution in [-0.4, -0.2) is 26.5 Å². The van der Waals surface area contributed by atoms with Crippen molar-refractivity contribution in [3.63, 3.8) is 0 Å². The molecule has 27 heavy (non-hydrogen) atoms. The second-order valence-corrected chi connectivity index (χ2v) is 5.65. The third-order valence-corrected chi connectivity index (χ3v) is 3.57. The Bertz CT molecular complexity index is 942. The summed E-state index contributed by atoms with van der Waals surface area (Å²) >= 11 is 0. The summed E-state index contributed by atoms with van der Waals surface area (Å²) in [5, 5.41) is 15.6. The molecular formula is C17H14F3N5O2. The molecule has 2 N–H and O–H groups in total. The lowest BCUT2D eigenvalue weighted by Crippen LogP contribution is -2.15. The SMILES string of the molecule is Cc1ccc(OCc2nn[nH]n2)c(C(=O)Nc2cccc(C(F)(F)F)c2)c1. The summed E-state index contributed by atoms with van der Waals surface area (Å²) in [5.41, 5.74) is 0.144. The molecule has 7 nitrogen and oxygen atoms in total. The number of aromatic amines is 1. The number of hydrogen-bond acceptors (Lipinski definition) is 5. The molecule has 0 fully saturated rings. The topological polar surface area (TPSA) is 92.8 Å². The number of halogens is 3. The highest BCUT2D eigenvalue weighted by atomic mass is 19.4. The molecular weight excluding hydrogens is 363 g/mol. The molecule has 1 heterocycles. The fourth-order valence-electron chi connectivity index (χ4n) is 2.30. The Balaban J connectivity index is 1.80. The van der Waals surface area contributed by atoms with Gasteiger partial charge in [-0.25, -0.2) is 0 Å². The predicted molar refractivity (Wildman–Crippen MR) is 89.1 cm³/mol. The van der Waals surface area contributed by atoms with Gasteiger partial charge in [0.2, 0.25) is 5.82 Å². The molecule has 2 aromatic carbocycles. The van der Waals surface area contributed by atoms with Crippen LogP contribution in [0.3, 0.4) is 0 Å². The first kappa shape index (κ1) is 18.4. The Morgan fingerprint density at radius 1 is 1.22 bits per heavy atom. The molecule has 0 bridgehead atoms. The molecule has 0 saturated heterocycles. The molecule has 0 saturated carbocycles. The summed E-state index contributed by atoms with van der Waals surface area (Å²) in [6, 6.07) is 9.32. The van der Waals surface area contributed by atoms with Crippen molar-refractivity contribution in [2.24, 2.45) is 0 Å². The summed E-state index contributed by atoms with van der Waals surface area (Å²) in [6.07, 6.45) is -4.50. The highest BCUT2D eigenvalue weighted by Gasteiger charge is 2.30. The first-order valence-electron chi connectivity index (χ1n) is 7.77. The molecule has 10 heteroatoms. The average Bonchev–Trinajstić information content (AvgIpc) is 3.13. The Hall–Kier alpha value is -3.43. The molecule has 0 aliphatic heterocycles. The number of nitrogens with zero attached hydrogens (tertiary/aromatic N) is 3. The summed E-state index contributed by atoms with van der Waals surface area (Å²) in [6.45, 7) is 1.76. The van der Waals surface area contributed by atoms with E-state index in [9.17, 15) is 18.0 Å². The van der Waals surface area contributed by atoms with Crippen molar-refractivity contribution in [3.8, 4) is 5.75 Å². The molecule has 3 rings (SSSR count). The number of rotatable bonds is 5. The zero-order valence-corrected chi connectivity index (χ0v) is 14.0. The number of nitrogens with one attached hydrogen (secondary N) is 2. The summed E-state index contributed by atoms with van der Waals surface area (Å²) in [4.78, 5) is 12.6. The summed E-state index contributed by atoms with van der Waals surface area (Å²) in [5.74, 6) is -0.0594. The van der Waals surface area contributed by atoms with Gasteiger partial charge in [-0.05, 0) is 37.3 Å². The fourth-order valence-corrected chi connectivity index (χ4v) is 2.30. The third kappa shape index (κ3) is 4.60. The Morgan fingerprint density at radius 3 is 2.74 bits per heavy atom. The number of alkyl halides is 3. The van der Waals surface area contributed by atoms with Crippen LogP contribution >= 0.6 is 0 Å². The van der Waals surface area contributed by atoms with Crippen molar-refractivity contribution < 1.29 is 22.7 Å². The average molecular weight is 377 g/mol. The van der Waals surface area contributed by atoms with Gasteiger partial charge >= 0.3 is 6.18 Å². The van der Waals surface area contributed by atoms with Crippen LogP contribution in [0.25, 0.3) is 0 Å². The summed E-state index contributed by atoms with van der Waals surface area (Å²) in [7, 11) is 0. The molecule has 1 amide bonds. The van der Waals surface area contributed by atoms with Crippen LogP contribution in [0.1, 0.15) is 27.3 Å². The lowest BCUT2D eigenvalue weighted by molar-refractivity contribution is -0.137. The van der Waals surface area contributed by atoms with Crippen LogP contribution in [-0.2, 0) is 12.8 Å².